The number of ether oxygens (including phenoxy) is 1. The van der Waals surface area contributed by atoms with Crippen LogP contribution in [0.5, 0.6) is 11.5 Å². The minimum Gasteiger partial charge on any atom is -0.504 e. The van der Waals surface area contributed by atoms with Crippen molar-refractivity contribution in [2.45, 2.75) is 19.4 Å². The van der Waals surface area contributed by atoms with Gasteiger partial charge in [0.2, 0.25) is 5.78 Å². The number of phenols is 1. The Labute approximate surface area is 89.8 Å². The van der Waals surface area contributed by atoms with Gasteiger partial charge in [-0.25, -0.2) is 0 Å². The van der Waals surface area contributed by atoms with Gasteiger partial charge in [0.05, 0.1) is 5.56 Å². The van der Waals surface area contributed by atoms with Gasteiger partial charge in [0.1, 0.15) is 0 Å². The molecule has 0 saturated heterocycles. The summed E-state index contributed by atoms with van der Waals surface area (Å²) in [6.45, 7) is 3.36. The average molecular weight is 257 g/mol. The van der Waals surface area contributed by atoms with E-state index in [-0.39, 0.29) is 17.3 Å². The summed E-state index contributed by atoms with van der Waals surface area (Å²) in [5.41, 5.74) is -0.459. The van der Waals surface area contributed by atoms with Crippen LogP contribution in [0.4, 0.5) is 0 Å². The molecule has 0 unspecified atom stereocenters. The molecule has 1 aliphatic heterocycles. The molecule has 1 aliphatic rings. The third-order valence-corrected chi connectivity index (χ3v) is 2.88. The lowest BCUT2D eigenvalue weighted by molar-refractivity contribution is 0.0679. The molecule has 0 bridgehead atoms. The van der Waals surface area contributed by atoms with Crippen molar-refractivity contribution in [2.24, 2.45) is 0 Å². The van der Waals surface area contributed by atoms with Gasteiger partial charge in [0.15, 0.2) is 17.1 Å². The van der Waals surface area contributed by atoms with E-state index in [9.17, 15) is 9.90 Å². The fourth-order valence-electron chi connectivity index (χ4n) is 1.47. The SMILES string of the molecule is CC1(C)Oc2c(O)ccc(Br)c2C1=O. The van der Waals surface area contributed by atoms with Crippen molar-refractivity contribution in [2.75, 3.05) is 0 Å². The van der Waals surface area contributed by atoms with E-state index in [1.54, 1.807) is 19.9 Å². The molecule has 0 saturated carbocycles. The van der Waals surface area contributed by atoms with Crippen LogP contribution in [0.1, 0.15) is 24.2 Å². The average Bonchev–Trinajstić information content (AvgIpc) is 2.33. The number of hydrogen-bond acceptors (Lipinski definition) is 3. The first kappa shape index (κ1) is 9.52. The number of fused-ring (bicyclic) bond motifs is 1. The fourth-order valence-corrected chi connectivity index (χ4v) is 1.96. The number of carbonyl (C=O) groups excluding carboxylic acids is 1. The summed E-state index contributed by atoms with van der Waals surface area (Å²) in [6.07, 6.45) is 0. The number of aromatic hydroxyl groups is 1. The van der Waals surface area contributed by atoms with Gasteiger partial charge in [-0.05, 0) is 41.9 Å². The normalized spacial score (nSPS) is 17.8. The Balaban J connectivity index is 2.70. The Bertz CT molecular complexity index is 424. The first-order chi connectivity index (χ1) is 6.43. The largest absolute Gasteiger partial charge is 0.504 e. The standard InChI is InChI=1S/C10H9BrO3/c1-10(2)9(13)7-5(11)3-4-6(12)8(7)14-10/h3-4,12H,1-2H3. The van der Waals surface area contributed by atoms with Crippen LogP contribution in [0.15, 0.2) is 16.6 Å². The van der Waals surface area contributed by atoms with Gasteiger partial charge in [-0.2, -0.15) is 0 Å². The van der Waals surface area contributed by atoms with Crippen molar-refractivity contribution in [1.82, 2.24) is 0 Å². The van der Waals surface area contributed by atoms with E-state index < -0.39 is 5.60 Å². The van der Waals surface area contributed by atoms with Gasteiger partial charge in [-0.3, -0.25) is 4.79 Å². The molecule has 0 fully saturated rings. The summed E-state index contributed by atoms with van der Waals surface area (Å²) in [5.74, 6) is 0.159. The van der Waals surface area contributed by atoms with Crippen LogP contribution in [0, 0.1) is 0 Å². The summed E-state index contributed by atoms with van der Waals surface area (Å²) in [4.78, 5) is 11.8. The quantitative estimate of drug-likeness (QED) is 0.776. The van der Waals surface area contributed by atoms with E-state index in [1.165, 1.54) is 6.07 Å². The van der Waals surface area contributed by atoms with Crippen LogP contribution < -0.4 is 4.74 Å². The number of rotatable bonds is 0. The second kappa shape index (κ2) is 2.73. The molecule has 74 valence electrons. The van der Waals surface area contributed by atoms with Crippen LogP contribution in [0.2, 0.25) is 0 Å². The van der Waals surface area contributed by atoms with E-state index >= 15 is 0 Å². The molecule has 3 nitrogen and oxygen atoms in total. The van der Waals surface area contributed by atoms with Crippen LogP contribution in [0.25, 0.3) is 0 Å². The van der Waals surface area contributed by atoms with E-state index in [2.05, 4.69) is 15.9 Å². The van der Waals surface area contributed by atoms with Crippen molar-refractivity contribution in [3.63, 3.8) is 0 Å². The minimum atomic E-state index is -0.885. The van der Waals surface area contributed by atoms with E-state index in [1.807, 2.05) is 0 Å². The van der Waals surface area contributed by atoms with Gasteiger partial charge in [0.25, 0.3) is 0 Å². The van der Waals surface area contributed by atoms with E-state index in [0.29, 0.717) is 10.0 Å². The van der Waals surface area contributed by atoms with E-state index in [0.717, 1.165) is 0 Å². The number of benzene rings is 1. The highest BCUT2D eigenvalue weighted by Gasteiger charge is 2.42. The van der Waals surface area contributed by atoms with Crippen LogP contribution in [-0.4, -0.2) is 16.5 Å². The van der Waals surface area contributed by atoms with Gasteiger partial charge in [-0.15, -0.1) is 0 Å². The first-order valence-electron chi connectivity index (χ1n) is 4.19. The van der Waals surface area contributed by atoms with Gasteiger partial charge < -0.3 is 9.84 Å². The second-order valence-corrected chi connectivity index (χ2v) is 4.57. The van der Waals surface area contributed by atoms with Crippen molar-refractivity contribution in [1.29, 1.82) is 0 Å². The van der Waals surface area contributed by atoms with Crippen molar-refractivity contribution in [3.05, 3.63) is 22.2 Å². The Morgan fingerprint density at radius 2 is 2.07 bits per heavy atom. The molecule has 2 rings (SSSR count). The molecule has 4 heteroatoms. The molecule has 0 aromatic heterocycles. The monoisotopic (exact) mass is 256 g/mol. The highest BCUT2D eigenvalue weighted by molar-refractivity contribution is 9.10. The van der Waals surface area contributed by atoms with Crippen molar-refractivity contribution < 1.29 is 14.6 Å². The molecule has 1 aromatic carbocycles. The van der Waals surface area contributed by atoms with Gasteiger partial charge in [-0.1, -0.05) is 0 Å². The topological polar surface area (TPSA) is 46.5 Å². The zero-order valence-corrected chi connectivity index (χ0v) is 9.38. The number of hydrogen-bond donors (Lipinski definition) is 1. The fraction of sp³-hybridized carbons (Fsp3) is 0.300. The number of phenolic OH excluding ortho intramolecular Hbond substituents is 1. The summed E-state index contributed by atoms with van der Waals surface area (Å²) >= 11 is 3.26. The Kier molecular flexibility index (Phi) is 1.86. The second-order valence-electron chi connectivity index (χ2n) is 3.71. The lowest BCUT2D eigenvalue weighted by Gasteiger charge is -2.15. The summed E-state index contributed by atoms with van der Waals surface area (Å²) in [5, 5.41) is 9.51. The molecular formula is C10H9BrO3. The molecule has 0 spiro atoms. The van der Waals surface area contributed by atoms with Crippen molar-refractivity contribution >= 4 is 21.7 Å². The van der Waals surface area contributed by atoms with E-state index in [4.69, 9.17) is 4.74 Å². The van der Waals surface area contributed by atoms with Gasteiger partial charge in [0, 0.05) is 4.47 Å². The smallest absolute Gasteiger partial charge is 0.210 e. The first-order valence-corrected chi connectivity index (χ1v) is 4.98. The Hall–Kier alpha value is -1.03. The summed E-state index contributed by atoms with van der Waals surface area (Å²) in [6, 6.07) is 3.13. The third kappa shape index (κ3) is 1.14. The van der Waals surface area contributed by atoms with Crippen LogP contribution >= 0.6 is 15.9 Å². The predicted molar refractivity (Wildman–Crippen MR) is 54.8 cm³/mol. The molecule has 0 radical (unpaired) electrons. The third-order valence-electron chi connectivity index (χ3n) is 2.22. The van der Waals surface area contributed by atoms with Crippen LogP contribution in [0.3, 0.4) is 0 Å². The molecule has 0 aliphatic carbocycles. The maximum absolute atomic E-state index is 11.8. The summed E-state index contributed by atoms with van der Waals surface area (Å²) < 4.78 is 6.04. The molecular weight excluding hydrogens is 248 g/mol. The highest BCUT2D eigenvalue weighted by atomic mass is 79.9. The number of carbonyl (C=O) groups is 1. The number of Topliss-reactive ketones (excluding diaryl/α,β-unsaturated/α-hetero) is 1. The molecule has 1 aromatic rings. The molecule has 0 atom stereocenters. The molecule has 0 amide bonds. The lowest BCUT2D eigenvalue weighted by atomic mass is 10.00. The maximum Gasteiger partial charge on any atom is 0.210 e. The lowest BCUT2D eigenvalue weighted by Crippen LogP contribution is -2.32. The zero-order valence-electron chi connectivity index (χ0n) is 7.80. The minimum absolute atomic E-state index is 0.00197. The van der Waals surface area contributed by atoms with Crippen LogP contribution in [-0.2, 0) is 0 Å². The maximum atomic E-state index is 11.8. The molecule has 14 heavy (non-hydrogen) atoms. The highest BCUT2D eigenvalue weighted by Crippen LogP contribution is 2.44. The number of halogens is 1. The Morgan fingerprint density at radius 1 is 1.43 bits per heavy atom. The molecule has 1 heterocycles. The number of ketones is 1. The summed E-state index contributed by atoms with van der Waals surface area (Å²) in [7, 11) is 0. The Morgan fingerprint density at radius 3 is 2.64 bits per heavy atom. The van der Waals surface area contributed by atoms with Crippen molar-refractivity contribution in [3.8, 4) is 11.5 Å². The van der Waals surface area contributed by atoms with Gasteiger partial charge >= 0.3 is 0 Å². The molecule has 1 N–H and O–H groups in total. The predicted octanol–water partition coefficient (Wildman–Crippen LogP) is 2.51. The zero-order chi connectivity index (χ0) is 10.5.